The number of carbonyl (C=O) groups is 2. The molecule has 0 unspecified atom stereocenters. The molecule has 0 atom stereocenters. The first-order valence-electron chi connectivity index (χ1n) is 7.42. The molecule has 2 N–H and O–H groups in total. The Labute approximate surface area is 133 Å². The molecule has 0 spiro atoms. The Balaban J connectivity index is 1.79. The number of rotatable bonds is 2. The van der Waals surface area contributed by atoms with Gasteiger partial charge < -0.3 is 10.6 Å². The van der Waals surface area contributed by atoms with Crippen molar-refractivity contribution < 1.29 is 9.59 Å². The van der Waals surface area contributed by atoms with Crippen LogP contribution in [0.1, 0.15) is 42.5 Å². The van der Waals surface area contributed by atoms with Gasteiger partial charge in [-0.2, -0.15) is 5.26 Å². The van der Waals surface area contributed by atoms with Crippen LogP contribution in [0.3, 0.4) is 0 Å². The summed E-state index contributed by atoms with van der Waals surface area (Å²) < 4.78 is 0. The second-order valence-electron chi connectivity index (χ2n) is 5.76. The van der Waals surface area contributed by atoms with Gasteiger partial charge in [0.2, 0.25) is 5.91 Å². The van der Waals surface area contributed by atoms with Gasteiger partial charge in [0.15, 0.2) is 0 Å². The summed E-state index contributed by atoms with van der Waals surface area (Å²) in [6.45, 7) is 0. The van der Waals surface area contributed by atoms with Gasteiger partial charge in [0.05, 0.1) is 17.5 Å². The summed E-state index contributed by atoms with van der Waals surface area (Å²) >= 11 is 1.46. The SMILES string of the molecule is N#CC1(NC(=O)c2ccc3c(c2)NC(=O)CS3)CCCCC1. The van der Waals surface area contributed by atoms with E-state index in [0.717, 1.165) is 24.2 Å². The van der Waals surface area contributed by atoms with Crippen molar-refractivity contribution in [2.24, 2.45) is 0 Å². The summed E-state index contributed by atoms with van der Waals surface area (Å²) in [5.41, 5.74) is 0.397. The normalized spacial score (nSPS) is 19.5. The Morgan fingerprint density at radius 3 is 2.82 bits per heavy atom. The Bertz CT molecular complexity index is 660. The molecule has 5 nitrogen and oxygen atoms in total. The molecular formula is C16H17N3O2S. The lowest BCUT2D eigenvalue weighted by Gasteiger charge is -2.31. The number of thioether (sulfide) groups is 1. The first kappa shape index (κ1) is 14.9. The lowest BCUT2D eigenvalue weighted by atomic mass is 9.82. The third-order valence-corrected chi connectivity index (χ3v) is 5.22. The van der Waals surface area contributed by atoms with Gasteiger partial charge in [0, 0.05) is 10.5 Å². The van der Waals surface area contributed by atoms with Crippen LogP contribution < -0.4 is 10.6 Å². The molecule has 0 radical (unpaired) electrons. The standard InChI is InChI=1S/C16H17N3O2S/c17-10-16(6-2-1-3-7-16)19-15(21)11-4-5-13-12(8-11)18-14(20)9-22-13/h4-5,8H,1-3,6-7,9H2,(H,18,20)(H,19,21). The molecule has 1 aliphatic carbocycles. The van der Waals surface area contributed by atoms with Crippen LogP contribution in [-0.4, -0.2) is 23.1 Å². The van der Waals surface area contributed by atoms with Crippen LogP contribution in [0, 0.1) is 11.3 Å². The number of nitrogens with zero attached hydrogens (tertiary/aromatic N) is 1. The number of nitriles is 1. The highest BCUT2D eigenvalue weighted by Gasteiger charge is 2.34. The van der Waals surface area contributed by atoms with E-state index in [0.29, 0.717) is 29.8 Å². The second kappa shape index (κ2) is 6.01. The van der Waals surface area contributed by atoms with Crippen LogP contribution in [-0.2, 0) is 4.79 Å². The van der Waals surface area contributed by atoms with Crippen LogP contribution in [0.5, 0.6) is 0 Å². The van der Waals surface area contributed by atoms with Crippen molar-refractivity contribution in [3.63, 3.8) is 0 Å². The molecule has 3 rings (SSSR count). The average molecular weight is 315 g/mol. The number of carbonyl (C=O) groups excluding carboxylic acids is 2. The summed E-state index contributed by atoms with van der Waals surface area (Å²) in [5, 5.41) is 15.1. The van der Waals surface area contributed by atoms with Crippen molar-refractivity contribution >= 4 is 29.3 Å². The first-order chi connectivity index (χ1) is 10.6. The third-order valence-electron chi connectivity index (χ3n) is 4.15. The second-order valence-corrected chi connectivity index (χ2v) is 6.77. The first-order valence-corrected chi connectivity index (χ1v) is 8.41. The van der Waals surface area contributed by atoms with E-state index in [1.165, 1.54) is 11.8 Å². The lowest BCUT2D eigenvalue weighted by Crippen LogP contribution is -2.48. The minimum atomic E-state index is -0.747. The van der Waals surface area contributed by atoms with Crippen molar-refractivity contribution in [1.82, 2.24) is 5.32 Å². The van der Waals surface area contributed by atoms with Crippen LogP contribution in [0.4, 0.5) is 5.69 Å². The number of nitrogens with one attached hydrogen (secondary N) is 2. The molecule has 1 saturated carbocycles. The Hall–Kier alpha value is -2.00. The van der Waals surface area contributed by atoms with Gasteiger partial charge >= 0.3 is 0 Å². The monoisotopic (exact) mass is 315 g/mol. The minimum absolute atomic E-state index is 0.0594. The molecule has 0 bridgehead atoms. The summed E-state index contributed by atoms with van der Waals surface area (Å²) in [4.78, 5) is 24.9. The number of amides is 2. The van der Waals surface area contributed by atoms with Crippen molar-refractivity contribution in [3.05, 3.63) is 23.8 Å². The molecule has 2 amide bonds. The van der Waals surface area contributed by atoms with E-state index >= 15 is 0 Å². The fourth-order valence-electron chi connectivity index (χ4n) is 2.93. The molecule has 1 aromatic rings. The van der Waals surface area contributed by atoms with Gasteiger partial charge in [0.1, 0.15) is 5.54 Å². The molecule has 6 heteroatoms. The maximum absolute atomic E-state index is 12.5. The number of anilines is 1. The van der Waals surface area contributed by atoms with Crippen LogP contribution in [0.15, 0.2) is 23.1 Å². The summed E-state index contributed by atoms with van der Waals surface area (Å²) in [6, 6.07) is 7.55. The van der Waals surface area contributed by atoms with Crippen molar-refractivity contribution in [2.75, 3.05) is 11.1 Å². The quantitative estimate of drug-likeness (QED) is 0.879. The lowest BCUT2D eigenvalue weighted by molar-refractivity contribution is -0.113. The topological polar surface area (TPSA) is 82.0 Å². The van der Waals surface area contributed by atoms with Gasteiger partial charge in [0.25, 0.3) is 5.91 Å². The van der Waals surface area contributed by atoms with Crippen LogP contribution in [0.25, 0.3) is 0 Å². The largest absolute Gasteiger partial charge is 0.334 e. The molecule has 22 heavy (non-hydrogen) atoms. The molecule has 2 aliphatic rings. The zero-order chi connectivity index (χ0) is 15.6. The highest BCUT2D eigenvalue weighted by Crippen LogP contribution is 2.32. The molecule has 0 saturated heterocycles. The highest BCUT2D eigenvalue weighted by molar-refractivity contribution is 8.00. The summed E-state index contributed by atoms with van der Waals surface area (Å²) in [7, 11) is 0. The summed E-state index contributed by atoms with van der Waals surface area (Å²) in [6.07, 6.45) is 4.44. The van der Waals surface area contributed by atoms with Crippen molar-refractivity contribution in [2.45, 2.75) is 42.5 Å². The third kappa shape index (κ3) is 2.95. The smallest absolute Gasteiger partial charge is 0.252 e. The fourth-order valence-corrected chi connectivity index (χ4v) is 3.72. The number of hydrogen-bond acceptors (Lipinski definition) is 4. The van der Waals surface area contributed by atoms with E-state index in [-0.39, 0.29) is 11.8 Å². The molecule has 114 valence electrons. The highest BCUT2D eigenvalue weighted by atomic mass is 32.2. The molecule has 1 aromatic carbocycles. The maximum atomic E-state index is 12.5. The minimum Gasteiger partial charge on any atom is -0.334 e. The van der Waals surface area contributed by atoms with E-state index in [1.807, 2.05) is 6.07 Å². The zero-order valence-electron chi connectivity index (χ0n) is 12.1. The molecule has 0 aromatic heterocycles. The van der Waals surface area contributed by atoms with Gasteiger partial charge in [-0.25, -0.2) is 0 Å². The van der Waals surface area contributed by atoms with Crippen LogP contribution >= 0.6 is 11.8 Å². The van der Waals surface area contributed by atoms with Crippen LogP contribution in [0.2, 0.25) is 0 Å². The number of fused-ring (bicyclic) bond motifs is 1. The van der Waals surface area contributed by atoms with E-state index in [2.05, 4.69) is 16.7 Å². The van der Waals surface area contributed by atoms with E-state index in [4.69, 9.17) is 0 Å². The molecule has 1 fully saturated rings. The number of hydrogen-bond donors (Lipinski definition) is 2. The maximum Gasteiger partial charge on any atom is 0.252 e. The molecular weight excluding hydrogens is 298 g/mol. The fraction of sp³-hybridized carbons (Fsp3) is 0.438. The molecule has 1 heterocycles. The van der Waals surface area contributed by atoms with E-state index in [1.54, 1.807) is 12.1 Å². The van der Waals surface area contributed by atoms with E-state index < -0.39 is 5.54 Å². The Morgan fingerprint density at radius 2 is 2.09 bits per heavy atom. The van der Waals surface area contributed by atoms with Crippen molar-refractivity contribution in [1.29, 1.82) is 5.26 Å². The Kier molecular flexibility index (Phi) is 4.08. The van der Waals surface area contributed by atoms with Gasteiger partial charge in [-0.05, 0) is 31.0 Å². The van der Waals surface area contributed by atoms with Gasteiger partial charge in [-0.15, -0.1) is 11.8 Å². The predicted molar refractivity (Wildman–Crippen MR) is 84.7 cm³/mol. The zero-order valence-corrected chi connectivity index (χ0v) is 13.0. The van der Waals surface area contributed by atoms with E-state index in [9.17, 15) is 14.9 Å². The Morgan fingerprint density at radius 1 is 1.32 bits per heavy atom. The predicted octanol–water partition coefficient (Wildman–Crippen LogP) is 2.69. The summed E-state index contributed by atoms with van der Waals surface area (Å²) in [5.74, 6) is 0.0858. The van der Waals surface area contributed by atoms with Crippen molar-refractivity contribution in [3.8, 4) is 6.07 Å². The number of benzene rings is 1. The molecule has 1 aliphatic heterocycles. The average Bonchev–Trinajstić information content (AvgIpc) is 2.55. The van der Waals surface area contributed by atoms with Gasteiger partial charge in [-0.3, -0.25) is 9.59 Å². The van der Waals surface area contributed by atoms with Gasteiger partial charge in [-0.1, -0.05) is 19.3 Å².